The van der Waals surface area contributed by atoms with Crippen LogP contribution in [-0.2, 0) is 21.9 Å². The lowest BCUT2D eigenvalue weighted by Crippen LogP contribution is -2.07. The Hall–Kier alpha value is -3.20. The van der Waals surface area contributed by atoms with E-state index in [0.717, 1.165) is 11.3 Å². The molecule has 0 bridgehead atoms. The molecule has 1 heterocycles. The zero-order valence-corrected chi connectivity index (χ0v) is 14.9. The number of nitro groups is 1. The number of esters is 1. The molecule has 8 nitrogen and oxygen atoms in total. The third kappa shape index (κ3) is 5.38. The summed E-state index contributed by atoms with van der Waals surface area (Å²) in [4.78, 5) is 22.0. The normalized spacial score (nSPS) is 10.5. The van der Waals surface area contributed by atoms with Crippen molar-refractivity contribution >= 4 is 23.4 Å². The molecular weight excluding hydrogens is 370 g/mol. The van der Waals surface area contributed by atoms with Crippen LogP contribution in [0.4, 0.5) is 5.69 Å². The van der Waals surface area contributed by atoms with E-state index in [4.69, 9.17) is 9.15 Å². The lowest BCUT2D eigenvalue weighted by Gasteiger charge is -2.02. The summed E-state index contributed by atoms with van der Waals surface area (Å²) in [5, 5.41) is 18.3. The van der Waals surface area contributed by atoms with Crippen LogP contribution in [-0.4, -0.2) is 26.8 Å². The average Bonchev–Trinajstić information content (AvgIpc) is 3.16. The van der Waals surface area contributed by atoms with Gasteiger partial charge in [-0.25, -0.2) is 0 Å². The van der Waals surface area contributed by atoms with Crippen LogP contribution >= 0.6 is 11.8 Å². The first-order valence-corrected chi connectivity index (χ1v) is 9.12. The van der Waals surface area contributed by atoms with Gasteiger partial charge in [-0.15, -0.1) is 22.0 Å². The second kappa shape index (κ2) is 8.95. The number of nitro benzene ring substituents is 1. The molecule has 0 fully saturated rings. The SMILES string of the molecule is O=C(CSCc1ccccc1)OCc1nnc(-c2ccc([N+](=O)[O-])cc2)o1. The van der Waals surface area contributed by atoms with Gasteiger partial charge in [0.1, 0.15) is 0 Å². The molecule has 0 aliphatic carbocycles. The molecule has 0 saturated carbocycles. The van der Waals surface area contributed by atoms with Crippen LogP contribution in [0.1, 0.15) is 11.5 Å². The van der Waals surface area contributed by atoms with Gasteiger partial charge >= 0.3 is 5.97 Å². The van der Waals surface area contributed by atoms with E-state index in [2.05, 4.69) is 10.2 Å². The molecule has 0 aliphatic rings. The molecule has 0 saturated heterocycles. The number of nitrogens with zero attached hydrogens (tertiary/aromatic N) is 3. The predicted molar refractivity (Wildman–Crippen MR) is 98.8 cm³/mol. The molecule has 2 aromatic carbocycles. The highest BCUT2D eigenvalue weighted by atomic mass is 32.2. The van der Waals surface area contributed by atoms with E-state index in [-0.39, 0.29) is 35.8 Å². The van der Waals surface area contributed by atoms with Crippen molar-refractivity contribution in [2.75, 3.05) is 5.75 Å². The molecule has 0 unspecified atom stereocenters. The Balaban J connectivity index is 1.46. The summed E-state index contributed by atoms with van der Waals surface area (Å²) >= 11 is 1.46. The van der Waals surface area contributed by atoms with Gasteiger partial charge in [0.25, 0.3) is 11.6 Å². The Bertz CT molecular complexity index is 912. The first kappa shape index (κ1) is 18.6. The van der Waals surface area contributed by atoms with Crippen molar-refractivity contribution < 1.29 is 18.9 Å². The number of hydrogen-bond donors (Lipinski definition) is 0. The van der Waals surface area contributed by atoms with Crippen LogP contribution in [0.15, 0.2) is 59.0 Å². The molecule has 138 valence electrons. The topological polar surface area (TPSA) is 108 Å². The van der Waals surface area contributed by atoms with E-state index < -0.39 is 4.92 Å². The molecule has 0 aliphatic heterocycles. The zero-order chi connectivity index (χ0) is 19.1. The minimum absolute atomic E-state index is 0.0274. The maximum Gasteiger partial charge on any atom is 0.316 e. The quantitative estimate of drug-likeness (QED) is 0.329. The van der Waals surface area contributed by atoms with Crippen molar-refractivity contribution in [2.24, 2.45) is 0 Å². The van der Waals surface area contributed by atoms with E-state index >= 15 is 0 Å². The lowest BCUT2D eigenvalue weighted by molar-refractivity contribution is -0.384. The molecule has 3 rings (SSSR count). The van der Waals surface area contributed by atoms with Crippen molar-refractivity contribution in [3.05, 3.63) is 76.2 Å². The highest BCUT2D eigenvalue weighted by Gasteiger charge is 2.12. The summed E-state index contributed by atoms with van der Waals surface area (Å²) in [5.41, 5.74) is 1.66. The fourth-order valence-corrected chi connectivity index (χ4v) is 2.94. The number of rotatable bonds is 8. The van der Waals surface area contributed by atoms with E-state index in [0.29, 0.717) is 5.56 Å². The second-order valence-electron chi connectivity index (χ2n) is 5.44. The zero-order valence-electron chi connectivity index (χ0n) is 14.1. The lowest BCUT2D eigenvalue weighted by atomic mass is 10.2. The van der Waals surface area contributed by atoms with Crippen molar-refractivity contribution in [3.63, 3.8) is 0 Å². The smallest absolute Gasteiger partial charge is 0.316 e. The number of benzene rings is 2. The molecule has 27 heavy (non-hydrogen) atoms. The van der Waals surface area contributed by atoms with Crippen LogP contribution in [0.2, 0.25) is 0 Å². The van der Waals surface area contributed by atoms with E-state index in [9.17, 15) is 14.9 Å². The fraction of sp³-hybridized carbons (Fsp3) is 0.167. The number of aromatic nitrogens is 2. The van der Waals surface area contributed by atoms with Gasteiger partial charge in [0.15, 0.2) is 6.61 Å². The Morgan fingerprint density at radius 2 is 1.85 bits per heavy atom. The summed E-state index contributed by atoms with van der Waals surface area (Å²) in [6.07, 6.45) is 0. The Morgan fingerprint density at radius 3 is 2.56 bits per heavy atom. The largest absolute Gasteiger partial charge is 0.455 e. The molecule has 0 atom stereocenters. The van der Waals surface area contributed by atoms with Gasteiger partial charge in [-0.1, -0.05) is 30.3 Å². The third-order valence-corrected chi connectivity index (χ3v) is 4.46. The van der Waals surface area contributed by atoms with Gasteiger partial charge in [-0.3, -0.25) is 14.9 Å². The van der Waals surface area contributed by atoms with Gasteiger partial charge in [0.2, 0.25) is 5.89 Å². The molecule has 0 radical (unpaired) electrons. The van der Waals surface area contributed by atoms with E-state index in [1.54, 1.807) is 0 Å². The van der Waals surface area contributed by atoms with Crippen molar-refractivity contribution in [2.45, 2.75) is 12.4 Å². The van der Waals surface area contributed by atoms with Gasteiger partial charge in [0, 0.05) is 23.4 Å². The molecule has 1 aromatic heterocycles. The van der Waals surface area contributed by atoms with Crippen LogP contribution < -0.4 is 0 Å². The van der Waals surface area contributed by atoms with Crippen molar-refractivity contribution in [3.8, 4) is 11.5 Å². The second-order valence-corrected chi connectivity index (χ2v) is 6.43. The molecule has 9 heteroatoms. The maximum absolute atomic E-state index is 11.8. The molecule has 3 aromatic rings. The standard InChI is InChI=1S/C18H15N3O5S/c22-17(12-27-11-13-4-2-1-3-5-13)25-10-16-19-20-18(26-16)14-6-8-15(9-7-14)21(23)24/h1-9H,10-12H2. The molecule has 0 spiro atoms. The maximum atomic E-state index is 11.8. The van der Waals surface area contributed by atoms with Crippen molar-refractivity contribution in [1.29, 1.82) is 0 Å². The number of ether oxygens (including phenoxy) is 1. The Morgan fingerprint density at radius 1 is 1.11 bits per heavy atom. The minimum atomic E-state index is -0.488. The van der Waals surface area contributed by atoms with E-state index in [1.165, 1.54) is 36.0 Å². The number of non-ortho nitro benzene ring substituents is 1. The van der Waals surface area contributed by atoms with Crippen LogP contribution in [0.3, 0.4) is 0 Å². The summed E-state index contributed by atoms with van der Waals surface area (Å²) in [6, 6.07) is 15.6. The summed E-state index contributed by atoms with van der Waals surface area (Å²) in [5.74, 6) is 0.934. The predicted octanol–water partition coefficient (Wildman–Crippen LogP) is 3.62. The number of carbonyl (C=O) groups is 1. The highest BCUT2D eigenvalue weighted by Crippen LogP contribution is 2.21. The van der Waals surface area contributed by atoms with Crippen LogP contribution in [0, 0.1) is 10.1 Å². The van der Waals surface area contributed by atoms with Gasteiger partial charge in [-0.2, -0.15) is 0 Å². The average molecular weight is 385 g/mol. The Labute approximate surface area is 158 Å². The number of carbonyl (C=O) groups excluding carboxylic acids is 1. The summed E-state index contributed by atoms with van der Waals surface area (Å²) < 4.78 is 10.5. The van der Waals surface area contributed by atoms with Crippen LogP contribution in [0.5, 0.6) is 0 Å². The highest BCUT2D eigenvalue weighted by molar-refractivity contribution is 7.99. The Kier molecular flexibility index (Phi) is 6.16. The number of thioether (sulfide) groups is 1. The van der Waals surface area contributed by atoms with E-state index in [1.807, 2.05) is 30.3 Å². The van der Waals surface area contributed by atoms with Crippen LogP contribution in [0.25, 0.3) is 11.5 Å². The minimum Gasteiger partial charge on any atom is -0.455 e. The first-order chi connectivity index (χ1) is 13.1. The third-order valence-electron chi connectivity index (χ3n) is 3.48. The molecular formula is C18H15N3O5S. The first-order valence-electron chi connectivity index (χ1n) is 7.96. The van der Waals surface area contributed by atoms with Gasteiger partial charge in [0.05, 0.1) is 10.7 Å². The molecule has 0 N–H and O–H groups in total. The van der Waals surface area contributed by atoms with Gasteiger partial charge < -0.3 is 9.15 Å². The monoisotopic (exact) mass is 385 g/mol. The summed E-state index contributed by atoms with van der Waals surface area (Å²) in [6.45, 7) is -0.120. The fourth-order valence-electron chi connectivity index (χ4n) is 2.16. The number of hydrogen-bond acceptors (Lipinski definition) is 8. The van der Waals surface area contributed by atoms with Gasteiger partial charge in [-0.05, 0) is 17.7 Å². The molecule has 0 amide bonds. The van der Waals surface area contributed by atoms with Crippen molar-refractivity contribution in [1.82, 2.24) is 10.2 Å². The summed E-state index contributed by atoms with van der Waals surface area (Å²) in [7, 11) is 0.